The van der Waals surface area contributed by atoms with E-state index in [0.29, 0.717) is 5.13 Å². The first-order valence-electron chi connectivity index (χ1n) is 7.87. The van der Waals surface area contributed by atoms with E-state index in [1.54, 1.807) is 13.1 Å². The Morgan fingerprint density at radius 3 is 2.46 bits per heavy atom. The van der Waals surface area contributed by atoms with E-state index in [9.17, 15) is 14.4 Å². The molecule has 26 heavy (non-hydrogen) atoms. The fourth-order valence-electron chi connectivity index (χ4n) is 2.32. The number of carboxylic acid groups (broad SMARTS) is 1. The van der Waals surface area contributed by atoms with Crippen LogP contribution in [0.3, 0.4) is 0 Å². The smallest absolute Gasteiger partial charge is 0.327 e. The highest BCUT2D eigenvalue weighted by molar-refractivity contribution is 7.15. The molecule has 1 saturated heterocycles. The Labute approximate surface area is 154 Å². The Kier molecular flexibility index (Phi) is 6.29. The number of hydrogen-bond acceptors (Lipinski definition) is 6. The van der Waals surface area contributed by atoms with Gasteiger partial charge in [-0.3, -0.25) is 4.79 Å². The van der Waals surface area contributed by atoms with Crippen LogP contribution in [0.4, 0.5) is 9.93 Å². The van der Waals surface area contributed by atoms with Gasteiger partial charge in [0.05, 0.1) is 12.5 Å². The van der Waals surface area contributed by atoms with Gasteiger partial charge in [-0.25, -0.2) is 19.5 Å². The number of nitrogens with one attached hydrogen (secondary N) is 1. The number of thiazole rings is 1. The minimum atomic E-state index is -1.16. The van der Waals surface area contributed by atoms with Crippen molar-refractivity contribution >= 4 is 34.4 Å². The lowest BCUT2D eigenvalue weighted by Gasteiger charge is -2.36. The highest BCUT2D eigenvalue weighted by Gasteiger charge is 2.45. The van der Waals surface area contributed by atoms with E-state index in [1.807, 2.05) is 37.3 Å². The fourth-order valence-corrected chi connectivity index (χ4v) is 2.86. The van der Waals surface area contributed by atoms with Crippen molar-refractivity contribution in [1.29, 1.82) is 0 Å². The van der Waals surface area contributed by atoms with Gasteiger partial charge in [0, 0.05) is 11.1 Å². The van der Waals surface area contributed by atoms with Crippen molar-refractivity contribution in [3.63, 3.8) is 0 Å². The van der Waals surface area contributed by atoms with Crippen molar-refractivity contribution in [3.05, 3.63) is 47.0 Å². The SMILES string of the molecule is CC(NC(=O)N1C(=O)CC1C(=O)O)c1ccccc1.Cc1cnc(N)s1. The van der Waals surface area contributed by atoms with Crippen LogP contribution in [0.15, 0.2) is 36.5 Å². The van der Waals surface area contributed by atoms with Crippen molar-refractivity contribution in [2.24, 2.45) is 0 Å². The Morgan fingerprint density at radius 1 is 1.38 bits per heavy atom. The van der Waals surface area contributed by atoms with E-state index in [-0.39, 0.29) is 12.5 Å². The van der Waals surface area contributed by atoms with Crippen LogP contribution in [-0.4, -0.2) is 38.9 Å². The molecule has 138 valence electrons. The van der Waals surface area contributed by atoms with Gasteiger partial charge in [-0.2, -0.15) is 0 Å². The molecule has 2 aromatic rings. The third kappa shape index (κ3) is 4.79. The number of hydrogen-bond donors (Lipinski definition) is 3. The molecule has 3 rings (SSSR count). The molecule has 0 radical (unpaired) electrons. The van der Waals surface area contributed by atoms with Gasteiger partial charge in [0.2, 0.25) is 5.91 Å². The van der Waals surface area contributed by atoms with Crippen LogP contribution in [0.2, 0.25) is 0 Å². The summed E-state index contributed by atoms with van der Waals surface area (Å²) in [5.41, 5.74) is 6.17. The molecule has 8 nitrogen and oxygen atoms in total. The summed E-state index contributed by atoms with van der Waals surface area (Å²) in [5.74, 6) is -1.63. The molecule has 1 aliphatic heterocycles. The molecule has 1 aromatic carbocycles. The lowest BCUT2D eigenvalue weighted by atomic mass is 10.0. The molecule has 0 saturated carbocycles. The summed E-state index contributed by atoms with van der Waals surface area (Å²) in [5, 5.41) is 12.1. The zero-order chi connectivity index (χ0) is 19.3. The molecule has 2 atom stereocenters. The van der Waals surface area contributed by atoms with Crippen LogP contribution in [0.25, 0.3) is 0 Å². The molecule has 3 amide bonds. The number of urea groups is 1. The topological polar surface area (TPSA) is 126 Å². The highest BCUT2D eigenvalue weighted by Crippen LogP contribution is 2.21. The molecule has 4 N–H and O–H groups in total. The van der Waals surface area contributed by atoms with Crippen molar-refractivity contribution < 1.29 is 19.5 Å². The van der Waals surface area contributed by atoms with E-state index in [1.165, 1.54) is 11.3 Å². The second-order valence-electron chi connectivity index (χ2n) is 5.71. The average Bonchev–Trinajstić information content (AvgIpc) is 2.96. The molecule has 1 aliphatic rings. The molecule has 0 spiro atoms. The van der Waals surface area contributed by atoms with Gasteiger partial charge in [-0.05, 0) is 19.4 Å². The minimum Gasteiger partial charge on any atom is -0.480 e. The maximum Gasteiger partial charge on any atom is 0.327 e. The van der Waals surface area contributed by atoms with E-state index >= 15 is 0 Å². The Hall–Kier alpha value is -2.94. The number of aryl methyl sites for hydroxylation is 1. The molecule has 0 bridgehead atoms. The molecule has 1 fully saturated rings. The van der Waals surface area contributed by atoms with Crippen LogP contribution in [0.5, 0.6) is 0 Å². The molecule has 9 heteroatoms. The number of aliphatic carboxylic acids is 1. The van der Waals surface area contributed by atoms with E-state index < -0.39 is 23.9 Å². The molecule has 1 aromatic heterocycles. The number of likely N-dealkylation sites (tertiary alicyclic amines) is 1. The lowest BCUT2D eigenvalue weighted by Crippen LogP contribution is -2.61. The number of carbonyl (C=O) groups excluding carboxylic acids is 2. The number of rotatable bonds is 3. The van der Waals surface area contributed by atoms with Gasteiger partial charge >= 0.3 is 12.0 Å². The minimum absolute atomic E-state index is 0.123. The number of β-lactam (4-membered cyclic amide) rings is 1. The maximum absolute atomic E-state index is 11.9. The third-order valence-electron chi connectivity index (χ3n) is 3.73. The Morgan fingerprint density at radius 2 is 2.04 bits per heavy atom. The molecule has 2 heterocycles. The number of nitrogen functional groups attached to an aromatic ring is 1. The summed E-state index contributed by atoms with van der Waals surface area (Å²) in [6.07, 6.45) is 1.64. The molecular weight excluding hydrogens is 356 g/mol. The first kappa shape index (κ1) is 19.4. The second-order valence-corrected chi connectivity index (χ2v) is 6.98. The summed E-state index contributed by atoms with van der Waals surface area (Å²) in [6, 6.07) is 7.22. The van der Waals surface area contributed by atoms with Gasteiger partial charge in [0.15, 0.2) is 5.13 Å². The number of nitrogens with zero attached hydrogens (tertiary/aromatic N) is 2. The first-order valence-corrected chi connectivity index (χ1v) is 8.69. The summed E-state index contributed by atoms with van der Waals surface area (Å²) >= 11 is 1.51. The van der Waals surface area contributed by atoms with Crippen LogP contribution >= 0.6 is 11.3 Å². The van der Waals surface area contributed by atoms with Crippen molar-refractivity contribution in [3.8, 4) is 0 Å². The van der Waals surface area contributed by atoms with Crippen LogP contribution in [-0.2, 0) is 9.59 Å². The lowest BCUT2D eigenvalue weighted by molar-refractivity contribution is -0.157. The number of carbonyl (C=O) groups is 3. The zero-order valence-electron chi connectivity index (χ0n) is 14.4. The summed E-state index contributed by atoms with van der Waals surface area (Å²) in [4.78, 5) is 39.7. The van der Waals surface area contributed by atoms with Crippen LogP contribution < -0.4 is 11.1 Å². The summed E-state index contributed by atoms with van der Waals surface area (Å²) in [7, 11) is 0. The quantitative estimate of drug-likeness (QED) is 0.705. The number of benzene rings is 1. The maximum atomic E-state index is 11.9. The molecule has 0 aliphatic carbocycles. The standard InChI is InChI=1S/C13H14N2O4.C4H6N2S/c1-8(9-5-3-2-4-6-9)14-13(19)15-10(12(17)18)7-11(15)16;1-3-2-6-4(5)7-3/h2-6,8,10H,7H2,1H3,(H,14,19)(H,17,18);2H,1H3,(H2,5,6). The number of aromatic nitrogens is 1. The van der Waals surface area contributed by atoms with Gasteiger partial charge < -0.3 is 16.2 Å². The van der Waals surface area contributed by atoms with Gasteiger partial charge in [0.25, 0.3) is 0 Å². The molecule has 2 unspecified atom stereocenters. The number of anilines is 1. The van der Waals surface area contributed by atoms with Crippen LogP contribution in [0, 0.1) is 6.92 Å². The van der Waals surface area contributed by atoms with Gasteiger partial charge in [0.1, 0.15) is 6.04 Å². The third-order valence-corrected chi connectivity index (χ3v) is 4.47. The van der Waals surface area contributed by atoms with Gasteiger partial charge in [-0.15, -0.1) is 11.3 Å². The largest absolute Gasteiger partial charge is 0.480 e. The number of imide groups is 1. The summed E-state index contributed by atoms with van der Waals surface area (Å²) in [6.45, 7) is 3.75. The predicted octanol–water partition coefficient (Wildman–Crippen LogP) is 2.18. The Balaban J connectivity index is 0.000000290. The number of nitrogens with two attached hydrogens (primary N) is 1. The normalized spacial score (nSPS) is 16.8. The van der Waals surface area contributed by atoms with E-state index in [0.717, 1.165) is 15.3 Å². The average molecular weight is 376 g/mol. The van der Waals surface area contributed by atoms with E-state index in [2.05, 4.69) is 10.3 Å². The van der Waals surface area contributed by atoms with Crippen molar-refractivity contribution in [2.45, 2.75) is 32.4 Å². The van der Waals surface area contributed by atoms with E-state index in [4.69, 9.17) is 10.8 Å². The van der Waals surface area contributed by atoms with Crippen molar-refractivity contribution in [1.82, 2.24) is 15.2 Å². The van der Waals surface area contributed by atoms with Gasteiger partial charge in [-0.1, -0.05) is 30.3 Å². The Bertz CT molecular complexity index is 777. The monoisotopic (exact) mass is 376 g/mol. The van der Waals surface area contributed by atoms with Crippen molar-refractivity contribution in [2.75, 3.05) is 5.73 Å². The zero-order valence-corrected chi connectivity index (χ0v) is 15.2. The van der Waals surface area contributed by atoms with Crippen LogP contribution in [0.1, 0.15) is 29.8 Å². The first-order chi connectivity index (χ1) is 12.3. The predicted molar refractivity (Wildman–Crippen MR) is 97.5 cm³/mol. The highest BCUT2D eigenvalue weighted by atomic mass is 32.1. The number of carboxylic acids is 1. The fraction of sp³-hybridized carbons (Fsp3) is 0.294. The number of amides is 3. The second kappa shape index (κ2) is 8.43. The summed E-state index contributed by atoms with van der Waals surface area (Å²) < 4.78 is 0. The molecular formula is C17H20N4O4S.